The number of hydrogen-bond acceptors (Lipinski definition) is 4. The van der Waals surface area contributed by atoms with Crippen LogP contribution in [0.2, 0.25) is 0 Å². The summed E-state index contributed by atoms with van der Waals surface area (Å²) in [4.78, 5) is 24.7. The molecule has 1 aliphatic rings. The van der Waals surface area contributed by atoms with Gasteiger partial charge in [-0.15, -0.1) is 0 Å². The molecule has 6 nitrogen and oxygen atoms in total. The molecule has 3 rings (SSSR count). The zero-order chi connectivity index (χ0) is 29.9. The molecule has 40 heavy (non-hydrogen) atoms. The lowest BCUT2D eigenvalue weighted by molar-refractivity contribution is -0.140. The van der Waals surface area contributed by atoms with Crippen LogP contribution in [0.1, 0.15) is 67.8 Å². The summed E-state index contributed by atoms with van der Waals surface area (Å²) in [7, 11) is 0. The number of hydrogen-bond donors (Lipinski definition) is 3. The van der Waals surface area contributed by atoms with Gasteiger partial charge in [-0.25, -0.2) is 8.78 Å². The number of amides is 1. The Bertz CT molecular complexity index is 1290. The van der Waals surface area contributed by atoms with Crippen molar-refractivity contribution in [3.8, 4) is 16.9 Å². The van der Waals surface area contributed by atoms with E-state index in [1.54, 1.807) is 26.0 Å². The van der Waals surface area contributed by atoms with Crippen LogP contribution in [0, 0.1) is 31.4 Å². The normalized spacial score (nSPS) is 14.9. The second-order valence-corrected chi connectivity index (χ2v) is 10.4. The number of carbonyl (C=O) groups excluding carboxylic acids is 1. The Balaban J connectivity index is 2.24. The second-order valence-electron chi connectivity index (χ2n) is 10.4. The number of ether oxygens (including phenoxy) is 1. The number of nitrogens with one attached hydrogen (secondary N) is 2. The van der Waals surface area contributed by atoms with Gasteiger partial charge in [-0.3, -0.25) is 9.59 Å². The first kappa shape index (κ1) is 30.9. The molecule has 0 bridgehead atoms. The summed E-state index contributed by atoms with van der Waals surface area (Å²) in [6.07, 6.45) is -3.27. The van der Waals surface area contributed by atoms with Crippen LogP contribution < -0.4 is 15.4 Å². The van der Waals surface area contributed by atoms with Gasteiger partial charge in [-0.2, -0.15) is 13.2 Å². The predicted octanol–water partition coefficient (Wildman–Crippen LogP) is 6.59. The van der Waals surface area contributed by atoms with Crippen LogP contribution in [0.15, 0.2) is 31.0 Å². The van der Waals surface area contributed by atoms with Gasteiger partial charge in [0.05, 0.1) is 24.1 Å². The largest absolute Gasteiger partial charge is 0.490 e. The first-order valence-corrected chi connectivity index (χ1v) is 12.9. The number of carboxylic acids is 1. The maximum atomic E-state index is 16.2. The molecule has 2 aromatic carbocycles. The molecular weight excluding hydrogens is 535 g/mol. The fourth-order valence-corrected chi connectivity index (χ4v) is 4.62. The third-order valence-electron chi connectivity index (χ3n) is 6.64. The maximum Gasteiger partial charge on any atom is 0.419 e. The highest BCUT2D eigenvalue weighted by molar-refractivity contribution is 5.83. The summed E-state index contributed by atoms with van der Waals surface area (Å²) in [6, 6.07) is 0.660. The van der Waals surface area contributed by atoms with Crippen LogP contribution in [0.25, 0.3) is 11.1 Å². The minimum atomic E-state index is -5.24. The van der Waals surface area contributed by atoms with Gasteiger partial charge in [-0.1, -0.05) is 26.5 Å². The van der Waals surface area contributed by atoms with Gasteiger partial charge < -0.3 is 20.5 Å². The van der Waals surface area contributed by atoms with Gasteiger partial charge in [0.15, 0.2) is 0 Å². The maximum absolute atomic E-state index is 16.2. The summed E-state index contributed by atoms with van der Waals surface area (Å²) < 4.78 is 79.8. The van der Waals surface area contributed by atoms with Gasteiger partial charge in [0.2, 0.25) is 5.91 Å². The highest BCUT2D eigenvalue weighted by Crippen LogP contribution is 2.43. The number of alkyl halides is 3. The van der Waals surface area contributed by atoms with Crippen molar-refractivity contribution in [1.82, 2.24) is 10.6 Å². The number of carbonyl (C=O) groups is 2. The van der Waals surface area contributed by atoms with E-state index >= 15 is 8.78 Å². The number of aliphatic carboxylic acids is 1. The van der Waals surface area contributed by atoms with Gasteiger partial charge in [-0.05, 0) is 74.1 Å². The summed E-state index contributed by atoms with van der Waals surface area (Å²) in [5, 5.41) is 14.4. The number of aryl methyl sites for hydroxylation is 1. The molecule has 1 amide bonds. The van der Waals surface area contributed by atoms with Gasteiger partial charge in [0, 0.05) is 11.1 Å². The SMILES string of the molecule is C=CNC(CC(C)C)C(=O)N[C@@H](CC(=O)O)c1c(F)c(-c2c(C)ccc(OC3CC3)c2C)cc(C(F)(F)F)c1F. The van der Waals surface area contributed by atoms with Crippen LogP contribution in [0.5, 0.6) is 5.75 Å². The van der Waals surface area contributed by atoms with E-state index < -0.39 is 64.9 Å². The molecule has 1 unspecified atom stereocenters. The van der Waals surface area contributed by atoms with Crippen LogP contribution in [0.3, 0.4) is 0 Å². The molecule has 0 spiro atoms. The molecule has 218 valence electrons. The Morgan fingerprint density at radius 1 is 1.18 bits per heavy atom. The molecular formula is C29H33F5N2O4. The quantitative estimate of drug-likeness (QED) is 0.252. The van der Waals surface area contributed by atoms with E-state index in [0.717, 1.165) is 12.8 Å². The van der Waals surface area contributed by atoms with Crippen molar-refractivity contribution >= 4 is 11.9 Å². The number of halogens is 5. The zero-order valence-corrected chi connectivity index (χ0v) is 22.7. The van der Waals surface area contributed by atoms with Crippen LogP contribution >= 0.6 is 0 Å². The molecule has 3 N–H and O–H groups in total. The molecule has 0 radical (unpaired) electrons. The zero-order valence-electron chi connectivity index (χ0n) is 22.7. The molecule has 0 aromatic heterocycles. The molecule has 0 aliphatic heterocycles. The molecule has 1 saturated carbocycles. The van der Waals surface area contributed by atoms with Crippen molar-refractivity contribution in [2.45, 2.75) is 77.7 Å². The Morgan fingerprint density at radius 3 is 2.35 bits per heavy atom. The van der Waals surface area contributed by atoms with E-state index in [2.05, 4.69) is 17.2 Å². The topological polar surface area (TPSA) is 87.7 Å². The minimum Gasteiger partial charge on any atom is -0.490 e. The summed E-state index contributed by atoms with van der Waals surface area (Å²) >= 11 is 0. The van der Waals surface area contributed by atoms with Crippen molar-refractivity contribution in [2.75, 3.05) is 0 Å². The Kier molecular flexibility index (Phi) is 9.48. The first-order valence-electron chi connectivity index (χ1n) is 12.9. The molecule has 1 fully saturated rings. The van der Waals surface area contributed by atoms with E-state index in [4.69, 9.17) is 4.74 Å². The van der Waals surface area contributed by atoms with E-state index in [1.807, 2.05) is 13.8 Å². The summed E-state index contributed by atoms with van der Waals surface area (Å²) in [6.45, 7) is 10.2. The number of rotatable bonds is 12. The molecule has 0 saturated heterocycles. The van der Waals surface area contributed by atoms with Crippen LogP contribution in [0.4, 0.5) is 22.0 Å². The lowest BCUT2D eigenvalue weighted by atomic mass is 9.88. The third kappa shape index (κ3) is 7.11. The molecule has 0 heterocycles. The van der Waals surface area contributed by atoms with Crippen LogP contribution in [-0.2, 0) is 15.8 Å². The second kappa shape index (κ2) is 12.3. The summed E-state index contributed by atoms with van der Waals surface area (Å²) in [5.74, 6) is -5.48. The van der Waals surface area contributed by atoms with Crippen molar-refractivity contribution < 1.29 is 41.4 Å². The third-order valence-corrected chi connectivity index (χ3v) is 6.64. The van der Waals surface area contributed by atoms with E-state index in [9.17, 15) is 27.9 Å². The number of carboxylic acid groups (broad SMARTS) is 1. The van der Waals surface area contributed by atoms with Crippen molar-refractivity contribution in [2.24, 2.45) is 5.92 Å². The van der Waals surface area contributed by atoms with Gasteiger partial charge in [0.1, 0.15) is 23.4 Å². The fraction of sp³-hybridized carbons (Fsp3) is 0.448. The lowest BCUT2D eigenvalue weighted by Gasteiger charge is -2.26. The van der Waals surface area contributed by atoms with E-state index in [0.29, 0.717) is 22.9 Å². The van der Waals surface area contributed by atoms with Crippen LogP contribution in [-0.4, -0.2) is 29.1 Å². The predicted molar refractivity (Wildman–Crippen MR) is 140 cm³/mol. The molecule has 2 aromatic rings. The number of benzene rings is 2. The van der Waals surface area contributed by atoms with E-state index in [1.165, 1.54) is 6.20 Å². The monoisotopic (exact) mass is 568 g/mol. The smallest absolute Gasteiger partial charge is 0.419 e. The first-order chi connectivity index (χ1) is 18.6. The highest BCUT2D eigenvalue weighted by Gasteiger charge is 2.40. The van der Waals surface area contributed by atoms with Crippen molar-refractivity contribution in [3.63, 3.8) is 0 Å². The van der Waals surface area contributed by atoms with E-state index in [-0.39, 0.29) is 24.0 Å². The Hall–Kier alpha value is -3.63. The minimum absolute atomic E-state index is 0.0224. The summed E-state index contributed by atoms with van der Waals surface area (Å²) in [5.41, 5.74) is -2.73. The standard InChI is InChI=1S/C29H33F5N2O4/c1-6-35-21(11-14(2)3)28(39)36-20(13-23(37)38)25-26(30)18(12-19(27(25)31)29(32,33)34)24-15(4)7-10-22(16(24)5)40-17-8-9-17/h6-7,10,12,14,17,20-21,35H,1,8-9,11,13H2,2-5H3,(H,36,39)(H,37,38)/t20-,21?/m0/s1. The fourth-order valence-electron chi connectivity index (χ4n) is 4.62. The average Bonchev–Trinajstić information content (AvgIpc) is 3.64. The van der Waals surface area contributed by atoms with Crippen molar-refractivity contribution in [3.05, 3.63) is 64.9 Å². The lowest BCUT2D eigenvalue weighted by Crippen LogP contribution is -2.45. The molecule has 2 atom stereocenters. The van der Waals surface area contributed by atoms with Gasteiger partial charge in [0.25, 0.3) is 0 Å². The molecule has 11 heteroatoms. The molecule has 1 aliphatic carbocycles. The van der Waals surface area contributed by atoms with Crippen molar-refractivity contribution in [1.29, 1.82) is 0 Å². The average molecular weight is 569 g/mol. The highest BCUT2D eigenvalue weighted by atomic mass is 19.4. The Morgan fingerprint density at radius 2 is 1.82 bits per heavy atom. The Labute approximate surface area is 229 Å². The van der Waals surface area contributed by atoms with Gasteiger partial charge >= 0.3 is 12.1 Å².